The number of benzene rings is 1. The molecule has 0 atom stereocenters. The van der Waals surface area contributed by atoms with Crippen molar-refractivity contribution in [3.63, 3.8) is 0 Å². The summed E-state index contributed by atoms with van der Waals surface area (Å²) < 4.78 is 5.01. The van der Waals surface area contributed by atoms with Gasteiger partial charge in [-0.3, -0.25) is 19.8 Å². The Morgan fingerprint density at radius 1 is 1.45 bits per heavy atom. The summed E-state index contributed by atoms with van der Waals surface area (Å²) in [4.78, 5) is 24.3. The fraction of sp³-hybridized carbons (Fsp3) is 0.500. The minimum absolute atomic E-state index is 0.0401. The van der Waals surface area contributed by atoms with E-state index in [1.807, 2.05) is 6.92 Å². The molecule has 1 aromatic rings. The molecule has 0 fully saturated rings. The maximum Gasteiger partial charge on any atom is 0.292 e. The van der Waals surface area contributed by atoms with Gasteiger partial charge in [-0.05, 0) is 18.7 Å². The van der Waals surface area contributed by atoms with E-state index in [1.54, 1.807) is 7.11 Å². The lowest BCUT2D eigenvalue weighted by Gasteiger charge is -2.19. The van der Waals surface area contributed by atoms with Crippen LogP contribution in [0.2, 0.25) is 0 Å². The van der Waals surface area contributed by atoms with Crippen LogP contribution in [0.25, 0.3) is 0 Å². The Labute approximate surface area is 129 Å². The van der Waals surface area contributed by atoms with E-state index in [2.05, 4.69) is 10.2 Å². The highest BCUT2D eigenvalue weighted by atomic mass is 16.6. The van der Waals surface area contributed by atoms with Crippen molar-refractivity contribution in [3.05, 3.63) is 33.9 Å². The highest BCUT2D eigenvalue weighted by molar-refractivity contribution is 5.95. The zero-order chi connectivity index (χ0) is 16.5. The van der Waals surface area contributed by atoms with E-state index < -0.39 is 4.92 Å². The van der Waals surface area contributed by atoms with Crippen LogP contribution in [0.5, 0.6) is 0 Å². The average molecular weight is 310 g/mol. The lowest BCUT2D eigenvalue weighted by atomic mass is 10.1. The highest BCUT2D eigenvalue weighted by Crippen LogP contribution is 2.22. The highest BCUT2D eigenvalue weighted by Gasteiger charge is 2.15. The van der Waals surface area contributed by atoms with Crippen LogP contribution in [-0.4, -0.2) is 55.6 Å². The summed E-state index contributed by atoms with van der Waals surface area (Å²) in [6, 6.07) is 4.03. The van der Waals surface area contributed by atoms with Gasteiger partial charge in [0.05, 0.1) is 11.5 Å². The van der Waals surface area contributed by atoms with Gasteiger partial charge in [0, 0.05) is 38.4 Å². The van der Waals surface area contributed by atoms with Crippen molar-refractivity contribution in [2.75, 3.05) is 45.6 Å². The molecular weight excluding hydrogens is 288 g/mol. The van der Waals surface area contributed by atoms with Crippen molar-refractivity contribution in [1.29, 1.82) is 0 Å². The third kappa shape index (κ3) is 5.30. The second kappa shape index (κ2) is 8.96. The van der Waals surface area contributed by atoms with Gasteiger partial charge in [0.25, 0.3) is 11.6 Å². The second-order valence-electron chi connectivity index (χ2n) is 4.71. The number of methoxy groups -OCH3 is 1. The van der Waals surface area contributed by atoms with E-state index in [9.17, 15) is 14.9 Å². The average Bonchev–Trinajstić information content (AvgIpc) is 2.50. The number of carbonyl (C=O) groups is 1. The van der Waals surface area contributed by atoms with Crippen molar-refractivity contribution >= 4 is 17.3 Å². The van der Waals surface area contributed by atoms with Crippen LogP contribution in [0, 0.1) is 10.1 Å². The summed E-state index contributed by atoms with van der Waals surface area (Å²) in [5.41, 5.74) is 5.50. The first-order valence-electron chi connectivity index (χ1n) is 7.03. The van der Waals surface area contributed by atoms with Gasteiger partial charge in [-0.15, -0.1) is 0 Å². The number of likely N-dealkylation sites (N-methyl/N-ethyl adjacent to an activating group) is 1. The lowest BCUT2D eigenvalue weighted by molar-refractivity contribution is -0.383. The fourth-order valence-corrected chi connectivity index (χ4v) is 1.92. The van der Waals surface area contributed by atoms with Crippen LogP contribution in [-0.2, 0) is 4.74 Å². The Balaban J connectivity index is 2.55. The summed E-state index contributed by atoms with van der Waals surface area (Å²) >= 11 is 0. The van der Waals surface area contributed by atoms with Crippen LogP contribution in [0.4, 0.5) is 11.4 Å². The van der Waals surface area contributed by atoms with E-state index >= 15 is 0 Å². The number of nitrogen functional groups attached to an aromatic ring is 1. The number of hydrogen-bond donors (Lipinski definition) is 2. The maximum atomic E-state index is 12.0. The molecular formula is C14H22N4O4. The number of ether oxygens (including phenoxy) is 1. The molecule has 0 aliphatic carbocycles. The van der Waals surface area contributed by atoms with Gasteiger partial charge in [-0.2, -0.15) is 0 Å². The van der Waals surface area contributed by atoms with E-state index in [0.717, 1.165) is 13.1 Å². The first-order chi connectivity index (χ1) is 10.5. The molecule has 1 aromatic carbocycles. The summed E-state index contributed by atoms with van der Waals surface area (Å²) in [7, 11) is 1.64. The lowest BCUT2D eigenvalue weighted by Crippen LogP contribution is -2.36. The minimum Gasteiger partial charge on any atom is -0.393 e. The van der Waals surface area contributed by atoms with E-state index in [0.29, 0.717) is 19.7 Å². The smallest absolute Gasteiger partial charge is 0.292 e. The largest absolute Gasteiger partial charge is 0.393 e. The van der Waals surface area contributed by atoms with Gasteiger partial charge in [0.1, 0.15) is 5.69 Å². The van der Waals surface area contributed by atoms with Crippen molar-refractivity contribution in [2.24, 2.45) is 0 Å². The molecule has 0 bridgehead atoms. The molecule has 0 saturated carbocycles. The van der Waals surface area contributed by atoms with Gasteiger partial charge in [0.2, 0.25) is 0 Å². The number of hydrogen-bond acceptors (Lipinski definition) is 6. The summed E-state index contributed by atoms with van der Waals surface area (Å²) in [5, 5.41) is 13.6. The zero-order valence-electron chi connectivity index (χ0n) is 12.9. The number of amides is 1. The van der Waals surface area contributed by atoms with Crippen molar-refractivity contribution in [2.45, 2.75) is 6.92 Å². The SMILES string of the molecule is CCN(CCNC(=O)c1ccc(N)c([N+](=O)[O-])c1)CCOC. The Morgan fingerprint density at radius 2 is 2.18 bits per heavy atom. The van der Waals surface area contributed by atoms with Crippen LogP contribution in [0.15, 0.2) is 18.2 Å². The number of nitrogens with zero attached hydrogens (tertiary/aromatic N) is 2. The number of nitro benzene ring substituents is 1. The summed E-state index contributed by atoms with van der Waals surface area (Å²) in [5.74, 6) is -0.356. The molecule has 0 aromatic heterocycles. The molecule has 0 unspecified atom stereocenters. The zero-order valence-corrected chi connectivity index (χ0v) is 12.9. The predicted molar refractivity (Wildman–Crippen MR) is 83.8 cm³/mol. The Kier molecular flexibility index (Phi) is 7.27. The maximum absolute atomic E-state index is 12.0. The van der Waals surface area contributed by atoms with Gasteiger partial charge in [-0.1, -0.05) is 6.92 Å². The topological polar surface area (TPSA) is 111 Å². The van der Waals surface area contributed by atoms with Crippen molar-refractivity contribution in [1.82, 2.24) is 10.2 Å². The number of anilines is 1. The van der Waals surface area contributed by atoms with Gasteiger partial charge in [-0.25, -0.2) is 0 Å². The molecule has 3 N–H and O–H groups in total. The standard InChI is InChI=1S/C14H22N4O4/c1-3-17(8-9-22-2)7-6-16-14(19)11-4-5-12(15)13(10-11)18(20)21/h4-5,10H,3,6-9,15H2,1-2H3,(H,16,19). The number of nitro groups is 1. The van der Waals surface area contributed by atoms with Gasteiger partial charge < -0.3 is 15.8 Å². The molecule has 8 nitrogen and oxygen atoms in total. The molecule has 0 radical (unpaired) electrons. The third-order valence-electron chi connectivity index (χ3n) is 3.26. The van der Waals surface area contributed by atoms with E-state index in [-0.39, 0.29) is 22.8 Å². The number of nitrogens with two attached hydrogens (primary N) is 1. The summed E-state index contributed by atoms with van der Waals surface area (Å²) in [6.45, 7) is 5.44. The van der Waals surface area contributed by atoms with Crippen LogP contribution in [0.1, 0.15) is 17.3 Å². The van der Waals surface area contributed by atoms with Gasteiger partial charge in [0.15, 0.2) is 0 Å². The molecule has 0 heterocycles. The third-order valence-corrected chi connectivity index (χ3v) is 3.26. The van der Waals surface area contributed by atoms with Crippen molar-refractivity contribution in [3.8, 4) is 0 Å². The molecule has 22 heavy (non-hydrogen) atoms. The monoisotopic (exact) mass is 310 g/mol. The molecule has 0 spiro atoms. The Bertz CT molecular complexity index is 522. The van der Waals surface area contributed by atoms with E-state index in [1.165, 1.54) is 18.2 Å². The molecule has 0 aliphatic heterocycles. The van der Waals surface area contributed by atoms with Gasteiger partial charge >= 0.3 is 0 Å². The predicted octanol–water partition coefficient (Wildman–Crippen LogP) is 0.875. The second-order valence-corrected chi connectivity index (χ2v) is 4.71. The molecule has 0 aliphatic rings. The molecule has 1 amide bonds. The van der Waals surface area contributed by atoms with E-state index in [4.69, 9.17) is 10.5 Å². The number of carbonyl (C=O) groups excluding carboxylic acids is 1. The number of rotatable bonds is 9. The molecule has 1 rings (SSSR count). The Morgan fingerprint density at radius 3 is 2.77 bits per heavy atom. The first-order valence-corrected chi connectivity index (χ1v) is 7.03. The quantitative estimate of drug-likeness (QED) is 0.398. The summed E-state index contributed by atoms with van der Waals surface area (Å²) in [6.07, 6.45) is 0. The Hall–Kier alpha value is -2.19. The van der Waals surface area contributed by atoms with Crippen molar-refractivity contribution < 1.29 is 14.5 Å². The van der Waals surface area contributed by atoms with Crippen LogP contribution >= 0.6 is 0 Å². The van der Waals surface area contributed by atoms with Crippen LogP contribution in [0.3, 0.4) is 0 Å². The van der Waals surface area contributed by atoms with Crippen LogP contribution < -0.4 is 11.1 Å². The number of nitrogens with one attached hydrogen (secondary N) is 1. The molecule has 0 saturated heterocycles. The normalized spacial score (nSPS) is 10.7. The first kappa shape index (κ1) is 17.9. The minimum atomic E-state index is -0.602. The molecule has 122 valence electrons. The molecule has 8 heteroatoms. The fourth-order valence-electron chi connectivity index (χ4n) is 1.92.